The van der Waals surface area contributed by atoms with Gasteiger partial charge in [0.05, 0.1) is 5.41 Å². The van der Waals surface area contributed by atoms with Gasteiger partial charge in [0.15, 0.2) is 0 Å². The fourth-order valence-electron chi connectivity index (χ4n) is 4.85. The number of aliphatic carboxylic acids is 1. The van der Waals surface area contributed by atoms with Crippen LogP contribution >= 0.6 is 0 Å². The monoisotopic (exact) mass is 450 g/mol. The van der Waals surface area contributed by atoms with Crippen LogP contribution in [0.2, 0.25) is 0 Å². The molecule has 0 saturated carbocycles. The predicted octanol–water partition coefficient (Wildman–Crippen LogP) is 3.87. The zero-order valence-corrected chi connectivity index (χ0v) is 19.0. The Morgan fingerprint density at radius 3 is 2.27 bits per heavy atom. The smallest absolute Gasteiger partial charge is 0.407 e. The summed E-state index contributed by atoms with van der Waals surface area (Å²) in [6.07, 6.45) is 0.224. The van der Waals surface area contributed by atoms with Crippen molar-refractivity contribution in [3.8, 4) is 11.1 Å². The van der Waals surface area contributed by atoms with Crippen LogP contribution in [0.5, 0.6) is 0 Å². The molecule has 1 aliphatic heterocycles. The zero-order valence-electron chi connectivity index (χ0n) is 19.0. The predicted molar refractivity (Wildman–Crippen MR) is 124 cm³/mol. The summed E-state index contributed by atoms with van der Waals surface area (Å²) in [5, 5.41) is 12.2. The number of alkyl carbamates (subject to hydrolysis) is 1. The van der Waals surface area contributed by atoms with E-state index >= 15 is 0 Å². The summed E-state index contributed by atoms with van der Waals surface area (Å²) in [5.74, 6) is -1.05. The van der Waals surface area contributed by atoms with Crippen molar-refractivity contribution in [2.45, 2.75) is 32.6 Å². The Kier molecular flexibility index (Phi) is 6.40. The molecular formula is C26H30N2O5. The number of hydrogen-bond acceptors (Lipinski definition) is 4. The number of rotatable bonds is 7. The molecule has 2 aromatic carbocycles. The molecule has 1 fully saturated rings. The number of carboxylic acids is 1. The van der Waals surface area contributed by atoms with Crippen LogP contribution in [0.25, 0.3) is 11.1 Å². The van der Waals surface area contributed by atoms with Crippen LogP contribution in [0, 0.1) is 11.3 Å². The third-order valence-electron chi connectivity index (χ3n) is 7.12. The Balaban J connectivity index is 1.22. The number of nitrogens with zero attached hydrogens (tertiary/aromatic N) is 1. The molecule has 2 aromatic rings. The Morgan fingerprint density at radius 1 is 1.09 bits per heavy atom. The molecule has 0 bridgehead atoms. The highest BCUT2D eigenvalue weighted by Crippen LogP contribution is 2.44. The Labute approximate surface area is 193 Å². The van der Waals surface area contributed by atoms with Crippen molar-refractivity contribution in [1.82, 2.24) is 10.2 Å². The normalized spacial score (nSPS) is 21.4. The Morgan fingerprint density at radius 2 is 1.70 bits per heavy atom. The molecule has 2 N–H and O–H groups in total. The van der Waals surface area contributed by atoms with E-state index in [0.29, 0.717) is 19.5 Å². The maximum absolute atomic E-state index is 12.5. The lowest BCUT2D eigenvalue weighted by atomic mass is 9.81. The largest absolute Gasteiger partial charge is 0.481 e. The summed E-state index contributed by atoms with van der Waals surface area (Å²) >= 11 is 0. The average Bonchev–Trinajstić information content (AvgIpc) is 3.30. The van der Waals surface area contributed by atoms with Crippen molar-refractivity contribution in [2.24, 2.45) is 11.3 Å². The number of carbonyl (C=O) groups excluding carboxylic acids is 2. The van der Waals surface area contributed by atoms with Crippen molar-refractivity contribution in [3.63, 3.8) is 0 Å². The van der Waals surface area contributed by atoms with Crippen LogP contribution in [0.3, 0.4) is 0 Å². The number of ether oxygens (including phenoxy) is 1. The highest BCUT2D eigenvalue weighted by Gasteiger charge is 2.47. The third-order valence-corrected chi connectivity index (χ3v) is 7.12. The second kappa shape index (κ2) is 9.25. The Bertz CT molecular complexity index is 1020. The van der Waals surface area contributed by atoms with Crippen molar-refractivity contribution >= 4 is 18.0 Å². The number of hydrogen-bond donors (Lipinski definition) is 2. The number of carboxylic acid groups (broad SMARTS) is 1. The first-order valence-corrected chi connectivity index (χ1v) is 11.4. The van der Waals surface area contributed by atoms with Crippen LogP contribution in [0.4, 0.5) is 4.79 Å². The molecule has 0 radical (unpaired) electrons. The van der Waals surface area contributed by atoms with Crippen LogP contribution in [0.15, 0.2) is 48.5 Å². The lowest BCUT2D eigenvalue weighted by molar-refractivity contribution is -0.149. The van der Waals surface area contributed by atoms with Gasteiger partial charge in [-0.3, -0.25) is 9.59 Å². The van der Waals surface area contributed by atoms with Gasteiger partial charge in [0.2, 0.25) is 5.91 Å². The molecule has 0 aromatic heterocycles. The maximum atomic E-state index is 12.5. The molecule has 174 valence electrons. The van der Waals surface area contributed by atoms with Gasteiger partial charge >= 0.3 is 12.1 Å². The fourth-order valence-corrected chi connectivity index (χ4v) is 4.85. The number of nitrogens with one attached hydrogen (secondary N) is 1. The van der Waals surface area contributed by atoms with Crippen molar-refractivity contribution in [1.29, 1.82) is 0 Å². The summed E-state index contributed by atoms with van der Waals surface area (Å²) < 4.78 is 5.50. The van der Waals surface area contributed by atoms with Crippen LogP contribution in [0.1, 0.15) is 43.7 Å². The van der Waals surface area contributed by atoms with E-state index in [1.54, 1.807) is 11.8 Å². The summed E-state index contributed by atoms with van der Waals surface area (Å²) in [5.41, 5.74) is 3.76. The molecule has 1 aliphatic carbocycles. The number of likely N-dealkylation sites (tertiary alicyclic amines) is 1. The summed E-state index contributed by atoms with van der Waals surface area (Å²) in [6, 6.07) is 16.3. The minimum atomic E-state index is -0.908. The standard InChI is InChI=1S/C26H30N2O5/c1-17-14-28(16-26(17,2)24(30)31)23(29)12-7-13-27-25(32)33-15-22-20-10-5-3-8-18(20)19-9-4-6-11-21(19)22/h3-6,8-11,17,22H,7,12-16H2,1-2H3,(H,27,32)(H,30,31). The van der Waals surface area contributed by atoms with Crippen molar-refractivity contribution in [3.05, 3.63) is 59.7 Å². The van der Waals surface area contributed by atoms with Gasteiger partial charge in [0, 0.05) is 32.0 Å². The van der Waals surface area contributed by atoms with Gasteiger partial charge < -0.3 is 20.1 Å². The molecule has 2 amide bonds. The van der Waals surface area contributed by atoms with E-state index in [4.69, 9.17) is 4.74 Å². The first kappa shape index (κ1) is 22.8. The summed E-state index contributed by atoms with van der Waals surface area (Å²) in [4.78, 5) is 37.9. The van der Waals surface area contributed by atoms with Crippen LogP contribution < -0.4 is 5.32 Å². The van der Waals surface area contributed by atoms with Crippen molar-refractivity contribution in [2.75, 3.05) is 26.2 Å². The second-order valence-corrected chi connectivity index (χ2v) is 9.25. The van der Waals surface area contributed by atoms with Gasteiger partial charge in [-0.15, -0.1) is 0 Å². The molecule has 4 rings (SSSR count). The number of fused-ring (bicyclic) bond motifs is 3. The van der Waals surface area contributed by atoms with E-state index in [0.717, 1.165) is 11.1 Å². The highest BCUT2D eigenvalue weighted by molar-refractivity contribution is 5.81. The lowest BCUT2D eigenvalue weighted by Crippen LogP contribution is -2.36. The van der Waals surface area contributed by atoms with Gasteiger partial charge in [0.1, 0.15) is 6.61 Å². The minimum absolute atomic E-state index is 0.00503. The number of amides is 2. The van der Waals surface area contributed by atoms with Gasteiger partial charge in [-0.25, -0.2) is 4.79 Å². The molecule has 1 heterocycles. The maximum Gasteiger partial charge on any atom is 0.407 e. The van der Waals surface area contributed by atoms with Gasteiger partial charge in [-0.1, -0.05) is 55.5 Å². The van der Waals surface area contributed by atoms with E-state index in [1.807, 2.05) is 31.2 Å². The molecular weight excluding hydrogens is 420 g/mol. The minimum Gasteiger partial charge on any atom is -0.481 e. The number of benzene rings is 2. The lowest BCUT2D eigenvalue weighted by Gasteiger charge is -2.22. The zero-order chi connectivity index (χ0) is 23.6. The topological polar surface area (TPSA) is 95.9 Å². The molecule has 0 spiro atoms. The summed E-state index contributed by atoms with van der Waals surface area (Å²) in [6.45, 7) is 4.79. The molecule has 2 atom stereocenters. The van der Waals surface area contributed by atoms with Gasteiger partial charge in [-0.2, -0.15) is 0 Å². The van der Waals surface area contributed by atoms with Crippen molar-refractivity contribution < 1.29 is 24.2 Å². The molecule has 7 heteroatoms. The molecule has 2 aliphatic rings. The summed E-state index contributed by atoms with van der Waals surface area (Å²) in [7, 11) is 0. The molecule has 1 saturated heterocycles. The van der Waals surface area contributed by atoms with Crippen LogP contribution in [-0.4, -0.2) is 54.2 Å². The van der Waals surface area contributed by atoms with E-state index in [9.17, 15) is 19.5 Å². The van der Waals surface area contributed by atoms with E-state index in [1.165, 1.54) is 11.1 Å². The van der Waals surface area contributed by atoms with E-state index in [2.05, 4.69) is 29.6 Å². The van der Waals surface area contributed by atoms with E-state index < -0.39 is 17.5 Å². The molecule has 7 nitrogen and oxygen atoms in total. The fraction of sp³-hybridized carbons (Fsp3) is 0.423. The third kappa shape index (κ3) is 4.45. The first-order valence-electron chi connectivity index (χ1n) is 11.4. The molecule has 33 heavy (non-hydrogen) atoms. The van der Waals surface area contributed by atoms with Gasteiger partial charge in [0.25, 0.3) is 0 Å². The van der Waals surface area contributed by atoms with E-state index in [-0.39, 0.29) is 37.3 Å². The average molecular weight is 451 g/mol. The number of carbonyl (C=O) groups is 3. The van der Waals surface area contributed by atoms with Gasteiger partial charge in [-0.05, 0) is 41.5 Å². The second-order valence-electron chi connectivity index (χ2n) is 9.25. The van der Waals surface area contributed by atoms with Crippen LogP contribution in [-0.2, 0) is 14.3 Å². The molecule has 2 unspecified atom stereocenters. The SMILES string of the molecule is CC1CN(C(=O)CCCNC(=O)OCC2c3ccccc3-c3ccccc32)CC1(C)C(=O)O. The Hall–Kier alpha value is -3.35. The highest BCUT2D eigenvalue weighted by atomic mass is 16.5. The first-order chi connectivity index (χ1) is 15.8. The quantitative estimate of drug-likeness (QED) is 0.624.